The molecule has 0 radical (unpaired) electrons. The Balaban J connectivity index is 1.35. The minimum atomic E-state index is 0.409. The summed E-state index contributed by atoms with van der Waals surface area (Å²) in [5, 5.41) is 18.8. The molecule has 0 unspecified atom stereocenters. The van der Waals surface area contributed by atoms with E-state index in [0.717, 1.165) is 18.0 Å². The van der Waals surface area contributed by atoms with Crippen molar-refractivity contribution in [2.75, 3.05) is 13.1 Å². The Morgan fingerprint density at radius 3 is 2.93 bits per heavy atom. The van der Waals surface area contributed by atoms with Crippen molar-refractivity contribution in [1.82, 2.24) is 40.4 Å². The molecule has 29 heavy (non-hydrogen) atoms. The number of aliphatic imine (C=N–C) groups is 1. The molecule has 0 spiro atoms. The summed E-state index contributed by atoms with van der Waals surface area (Å²) in [6.07, 6.45) is 4.21. The van der Waals surface area contributed by atoms with Gasteiger partial charge in [0.1, 0.15) is 12.2 Å². The molecule has 0 aliphatic rings. The molecular weight excluding hydrogens is 370 g/mol. The van der Waals surface area contributed by atoms with Crippen LogP contribution in [0.25, 0.3) is 17.2 Å². The van der Waals surface area contributed by atoms with Crippen LogP contribution in [0.2, 0.25) is 0 Å². The zero-order valence-corrected chi connectivity index (χ0v) is 16.0. The number of aromatic nitrogens is 6. The summed E-state index contributed by atoms with van der Waals surface area (Å²) in [7, 11) is 0. The number of hydrogen-bond acceptors (Lipinski definition) is 7. The van der Waals surface area contributed by atoms with Crippen molar-refractivity contribution in [3.63, 3.8) is 0 Å². The lowest BCUT2D eigenvalue weighted by molar-refractivity contribution is 0.421. The minimum absolute atomic E-state index is 0.409. The van der Waals surface area contributed by atoms with Gasteiger partial charge in [-0.05, 0) is 31.2 Å². The second-order valence-electron chi connectivity index (χ2n) is 6.15. The first-order chi connectivity index (χ1) is 14.3. The van der Waals surface area contributed by atoms with Gasteiger partial charge in [0.15, 0.2) is 23.3 Å². The van der Waals surface area contributed by atoms with E-state index in [0.29, 0.717) is 42.9 Å². The molecule has 10 nitrogen and oxygen atoms in total. The van der Waals surface area contributed by atoms with Crippen molar-refractivity contribution >= 4 is 11.6 Å². The van der Waals surface area contributed by atoms with E-state index >= 15 is 0 Å². The Morgan fingerprint density at radius 2 is 2.07 bits per heavy atom. The van der Waals surface area contributed by atoms with E-state index in [1.54, 1.807) is 6.20 Å². The van der Waals surface area contributed by atoms with Crippen LogP contribution in [0.3, 0.4) is 0 Å². The van der Waals surface area contributed by atoms with Crippen LogP contribution in [0, 0.1) is 0 Å². The van der Waals surface area contributed by atoms with Crippen LogP contribution in [0.15, 0.2) is 58.3 Å². The molecule has 0 aliphatic carbocycles. The molecule has 0 fully saturated rings. The van der Waals surface area contributed by atoms with Gasteiger partial charge in [0, 0.05) is 31.9 Å². The van der Waals surface area contributed by atoms with E-state index in [9.17, 15) is 0 Å². The highest BCUT2D eigenvalue weighted by Gasteiger charge is 2.10. The fourth-order valence-electron chi connectivity index (χ4n) is 2.73. The molecule has 0 aliphatic heterocycles. The summed E-state index contributed by atoms with van der Waals surface area (Å²) in [5.74, 6) is 2.49. The van der Waals surface area contributed by atoms with Gasteiger partial charge in [-0.3, -0.25) is 9.38 Å². The van der Waals surface area contributed by atoms with E-state index in [2.05, 4.69) is 40.9 Å². The Labute approximate surface area is 167 Å². The molecule has 0 atom stereocenters. The number of guanidine groups is 1. The van der Waals surface area contributed by atoms with Crippen molar-refractivity contribution in [2.45, 2.75) is 19.9 Å². The topological polar surface area (TPSA) is 118 Å². The molecule has 0 saturated carbocycles. The number of nitrogens with zero attached hydrogens (tertiary/aromatic N) is 7. The predicted octanol–water partition coefficient (Wildman–Crippen LogP) is 1.47. The molecule has 4 heterocycles. The molecule has 4 rings (SSSR count). The first-order valence-electron chi connectivity index (χ1n) is 9.38. The third-order valence-corrected chi connectivity index (χ3v) is 4.10. The molecule has 4 aromatic rings. The largest absolute Gasteiger partial charge is 0.357 e. The normalized spacial score (nSPS) is 11.7. The molecule has 0 saturated heterocycles. The van der Waals surface area contributed by atoms with Crippen LogP contribution < -0.4 is 10.6 Å². The molecule has 0 aromatic carbocycles. The fourth-order valence-corrected chi connectivity index (χ4v) is 2.73. The summed E-state index contributed by atoms with van der Waals surface area (Å²) in [6.45, 7) is 3.78. The first kappa shape index (κ1) is 18.5. The average Bonchev–Trinajstić information content (AvgIpc) is 3.40. The summed E-state index contributed by atoms with van der Waals surface area (Å²) in [6, 6.07) is 11.3. The van der Waals surface area contributed by atoms with Crippen LogP contribution in [0.5, 0.6) is 0 Å². The van der Waals surface area contributed by atoms with Crippen molar-refractivity contribution in [3.05, 3.63) is 60.4 Å². The summed E-state index contributed by atoms with van der Waals surface area (Å²) in [5.41, 5.74) is 1.46. The Morgan fingerprint density at radius 1 is 1.14 bits per heavy atom. The molecule has 148 valence electrons. The number of rotatable bonds is 7. The maximum Gasteiger partial charge on any atom is 0.276 e. The van der Waals surface area contributed by atoms with E-state index in [4.69, 9.17) is 4.52 Å². The number of nitrogens with one attached hydrogen (secondary N) is 2. The van der Waals surface area contributed by atoms with Crippen molar-refractivity contribution in [3.8, 4) is 11.6 Å². The summed E-state index contributed by atoms with van der Waals surface area (Å²) >= 11 is 0. The lowest BCUT2D eigenvalue weighted by atomic mass is 10.3. The molecule has 0 bridgehead atoms. The number of hydrogen-bond donors (Lipinski definition) is 2. The molecule has 4 aromatic heterocycles. The third kappa shape index (κ3) is 4.54. The zero-order valence-electron chi connectivity index (χ0n) is 16.0. The highest BCUT2D eigenvalue weighted by atomic mass is 16.5. The quantitative estimate of drug-likeness (QED) is 0.359. The average molecular weight is 391 g/mol. The molecular formula is C19H21N9O. The smallest absolute Gasteiger partial charge is 0.276 e. The Kier molecular flexibility index (Phi) is 5.70. The first-order valence-corrected chi connectivity index (χ1v) is 9.38. The van der Waals surface area contributed by atoms with Crippen LogP contribution in [-0.4, -0.2) is 48.8 Å². The monoisotopic (exact) mass is 391 g/mol. The lowest BCUT2D eigenvalue weighted by Crippen LogP contribution is -2.38. The van der Waals surface area contributed by atoms with E-state index in [1.165, 1.54) is 0 Å². The van der Waals surface area contributed by atoms with Crippen LogP contribution >= 0.6 is 0 Å². The predicted molar refractivity (Wildman–Crippen MR) is 107 cm³/mol. The second-order valence-corrected chi connectivity index (χ2v) is 6.15. The van der Waals surface area contributed by atoms with Gasteiger partial charge >= 0.3 is 0 Å². The van der Waals surface area contributed by atoms with Gasteiger partial charge in [-0.15, -0.1) is 10.2 Å². The van der Waals surface area contributed by atoms with Gasteiger partial charge in [0.2, 0.25) is 0 Å². The second kappa shape index (κ2) is 8.91. The van der Waals surface area contributed by atoms with Crippen molar-refractivity contribution in [2.24, 2.45) is 4.99 Å². The molecule has 10 heteroatoms. The van der Waals surface area contributed by atoms with Crippen LogP contribution in [0.4, 0.5) is 0 Å². The van der Waals surface area contributed by atoms with Gasteiger partial charge in [-0.25, -0.2) is 4.99 Å². The van der Waals surface area contributed by atoms with Gasteiger partial charge in [-0.2, -0.15) is 4.98 Å². The summed E-state index contributed by atoms with van der Waals surface area (Å²) < 4.78 is 7.20. The number of pyridine rings is 2. The van der Waals surface area contributed by atoms with E-state index < -0.39 is 0 Å². The lowest BCUT2D eigenvalue weighted by Gasteiger charge is -2.10. The zero-order chi connectivity index (χ0) is 19.9. The highest BCUT2D eigenvalue weighted by molar-refractivity contribution is 5.79. The molecule has 2 N–H and O–H groups in total. The van der Waals surface area contributed by atoms with Gasteiger partial charge in [-0.1, -0.05) is 17.3 Å². The van der Waals surface area contributed by atoms with E-state index in [-0.39, 0.29) is 0 Å². The highest BCUT2D eigenvalue weighted by Crippen LogP contribution is 2.13. The van der Waals surface area contributed by atoms with Crippen molar-refractivity contribution in [1.29, 1.82) is 0 Å². The van der Waals surface area contributed by atoms with Crippen LogP contribution in [-0.2, 0) is 13.0 Å². The Hall–Kier alpha value is -3.82. The standard InChI is InChI=1S/C19H21N9O/c1-2-20-19(23-13-17-26-25-16-8-4-6-12-28(16)17)22-11-9-15-24-18(29-27-15)14-7-3-5-10-21-14/h3-8,10,12H,2,9,11,13H2,1H3,(H2,20,22,23). The Bertz CT molecular complexity index is 1090. The number of fused-ring (bicyclic) bond motifs is 1. The maximum absolute atomic E-state index is 5.28. The summed E-state index contributed by atoms with van der Waals surface area (Å²) in [4.78, 5) is 13.2. The maximum atomic E-state index is 5.28. The van der Waals surface area contributed by atoms with Gasteiger partial charge in [0.25, 0.3) is 5.89 Å². The van der Waals surface area contributed by atoms with E-state index in [1.807, 2.05) is 53.9 Å². The fraction of sp³-hybridized carbons (Fsp3) is 0.263. The van der Waals surface area contributed by atoms with Crippen LogP contribution in [0.1, 0.15) is 18.6 Å². The SMILES string of the molecule is CCNC(=NCc1nnc2ccccn12)NCCc1noc(-c2ccccn2)n1. The van der Waals surface area contributed by atoms with Gasteiger partial charge in [0.05, 0.1) is 0 Å². The van der Waals surface area contributed by atoms with Gasteiger partial charge < -0.3 is 15.2 Å². The van der Waals surface area contributed by atoms with Crippen molar-refractivity contribution < 1.29 is 4.52 Å². The minimum Gasteiger partial charge on any atom is -0.357 e. The third-order valence-electron chi connectivity index (χ3n) is 4.10. The molecule has 0 amide bonds.